The first-order valence-corrected chi connectivity index (χ1v) is 5.57. The molecule has 14 heavy (non-hydrogen) atoms. The van der Waals surface area contributed by atoms with E-state index in [2.05, 4.69) is 0 Å². The topological polar surface area (TPSA) is 34.1 Å². The number of halogens is 1. The van der Waals surface area contributed by atoms with Crippen LogP contribution in [0.5, 0.6) is 0 Å². The van der Waals surface area contributed by atoms with Crippen LogP contribution in [0.1, 0.15) is 0 Å². The molecule has 0 unspecified atom stereocenters. The fourth-order valence-electron chi connectivity index (χ4n) is 1.41. The van der Waals surface area contributed by atoms with Crippen LogP contribution in [0.4, 0.5) is 0 Å². The lowest BCUT2D eigenvalue weighted by molar-refractivity contribution is 0.615. The van der Waals surface area contributed by atoms with Crippen molar-refractivity contribution in [2.24, 2.45) is 0 Å². The third-order valence-electron chi connectivity index (χ3n) is 2.04. The summed E-state index contributed by atoms with van der Waals surface area (Å²) in [7, 11) is -2.57. The number of rotatable bonds is 1. The molecule has 2 nitrogen and oxygen atoms in total. The lowest BCUT2D eigenvalue weighted by Crippen LogP contribution is -1.83. The summed E-state index contributed by atoms with van der Waals surface area (Å²) in [6.07, 6.45) is 0. The molecule has 4 heteroatoms. The largest absolute Gasteiger partial charge is 0.227 e. The molecular formula is C10H7ClO2S. The maximum atomic E-state index is 10.9. The number of hydrogen-bond acceptors (Lipinski definition) is 2. The molecule has 0 spiro atoms. The van der Waals surface area contributed by atoms with E-state index < -0.39 is 10.7 Å². The van der Waals surface area contributed by atoms with E-state index >= 15 is 0 Å². The van der Waals surface area contributed by atoms with Crippen LogP contribution >= 0.6 is 11.6 Å². The summed E-state index contributed by atoms with van der Waals surface area (Å²) in [4.78, 5) is 0.319. The van der Waals surface area contributed by atoms with Gasteiger partial charge < -0.3 is 0 Å². The van der Waals surface area contributed by atoms with Gasteiger partial charge in [0, 0.05) is 15.8 Å². The average Bonchev–Trinajstić information content (AvgIpc) is 2.17. The van der Waals surface area contributed by atoms with Crippen molar-refractivity contribution in [3.05, 3.63) is 41.4 Å². The van der Waals surface area contributed by atoms with E-state index in [4.69, 9.17) is 11.6 Å². The SMILES string of the molecule is O=[SH](=O)c1cccc2c(Cl)cccc12. The molecule has 0 atom stereocenters. The summed E-state index contributed by atoms with van der Waals surface area (Å²) < 4.78 is 21.8. The van der Waals surface area contributed by atoms with Crippen molar-refractivity contribution >= 4 is 33.1 Å². The molecular weight excluding hydrogens is 220 g/mol. The van der Waals surface area contributed by atoms with Gasteiger partial charge in [0.2, 0.25) is 0 Å². The molecule has 0 radical (unpaired) electrons. The van der Waals surface area contributed by atoms with Crippen molar-refractivity contribution in [3.63, 3.8) is 0 Å². The summed E-state index contributed by atoms with van der Waals surface area (Å²) >= 11 is 5.94. The molecule has 0 aliphatic rings. The van der Waals surface area contributed by atoms with Crippen LogP contribution in [-0.4, -0.2) is 8.42 Å². The van der Waals surface area contributed by atoms with Gasteiger partial charge in [-0.1, -0.05) is 35.9 Å². The van der Waals surface area contributed by atoms with E-state index in [1.54, 1.807) is 36.4 Å². The van der Waals surface area contributed by atoms with Gasteiger partial charge in [-0.05, 0) is 12.1 Å². The first-order chi connectivity index (χ1) is 6.70. The lowest BCUT2D eigenvalue weighted by Gasteiger charge is -2.01. The van der Waals surface area contributed by atoms with Gasteiger partial charge in [-0.2, -0.15) is 0 Å². The van der Waals surface area contributed by atoms with Gasteiger partial charge in [-0.15, -0.1) is 0 Å². The Bertz CT molecular complexity index is 553. The van der Waals surface area contributed by atoms with Gasteiger partial charge >= 0.3 is 0 Å². The molecule has 0 bridgehead atoms. The van der Waals surface area contributed by atoms with Gasteiger partial charge in [0.1, 0.15) is 0 Å². The van der Waals surface area contributed by atoms with Gasteiger partial charge in [0.15, 0.2) is 10.7 Å². The number of thiol groups is 1. The van der Waals surface area contributed by atoms with Gasteiger partial charge in [0.05, 0.1) is 4.90 Å². The van der Waals surface area contributed by atoms with E-state index in [1.165, 1.54) is 0 Å². The molecule has 2 aromatic carbocycles. The smallest absolute Gasteiger partial charge is 0.168 e. The molecule has 0 N–H and O–H groups in total. The molecule has 0 aromatic heterocycles. The molecule has 2 aromatic rings. The first-order valence-electron chi connectivity index (χ1n) is 4.02. The van der Waals surface area contributed by atoms with Crippen LogP contribution < -0.4 is 0 Å². The lowest BCUT2D eigenvalue weighted by atomic mass is 10.1. The Morgan fingerprint density at radius 2 is 1.57 bits per heavy atom. The fraction of sp³-hybridized carbons (Fsp3) is 0. The predicted octanol–water partition coefficient (Wildman–Crippen LogP) is 2.46. The Hall–Kier alpha value is -1.06. The Morgan fingerprint density at radius 1 is 0.929 bits per heavy atom. The predicted molar refractivity (Wildman–Crippen MR) is 57.5 cm³/mol. The third kappa shape index (κ3) is 1.49. The Morgan fingerprint density at radius 3 is 2.29 bits per heavy atom. The summed E-state index contributed by atoms with van der Waals surface area (Å²) in [6.45, 7) is 0. The summed E-state index contributed by atoms with van der Waals surface area (Å²) in [5, 5.41) is 2.02. The maximum Gasteiger partial charge on any atom is 0.168 e. The van der Waals surface area contributed by atoms with Gasteiger partial charge in [-0.25, -0.2) is 8.42 Å². The first kappa shape index (κ1) is 9.49. The molecule has 0 amide bonds. The molecule has 0 saturated carbocycles. The summed E-state index contributed by atoms with van der Waals surface area (Å²) in [5.41, 5.74) is 0. The van der Waals surface area contributed by atoms with Crippen molar-refractivity contribution in [1.82, 2.24) is 0 Å². The van der Waals surface area contributed by atoms with Crippen LogP contribution in [0, 0.1) is 0 Å². The van der Waals surface area contributed by atoms with Crippen LogP contribution in [0.25, 0.3) is 10.8 Å². The minimum Gasteiger partial charge on any atom is -0.227 e. The summed E-state index contributed by atoms with van der Waals surface area (Å²) in [5.74, 6) is 0. The quantitative estimate of drug-likeness (QED) is 0.758. The minimum atomic E-state index is -2.57. The van der Waals surface area contributed by atoms with Crippen molar-refractivity contribution in [1.29, 1.82) is 0 Å². The van der Waals surface area contributed by atoms with E-state index in [9.17, 15) is 8.42 Å². The van der Waals surface area contributed by atoms with E-state index in [0.717, 1.165) is 5.39 Å². The highest BCUT2D eigenvalue weighted by atomic mass is 35.5. The van der Waals surface area contributed by atoms with E-state index in [-0.39, 0.29) is 0 Å². The Kier molecular flexibility index (Phi) is 2.44. The second kappa shape index (κ2) is 3.59. The standard InChI is InChI=1S/C10H7ClO2S/c11-9-5-1-4-8-7(9)3-2-6-10(8)14(12)13/h1-6,14H. The highest BCUT2D eigenvalue weighted by Gasteiger charge is 2.04. The molecule has 0 heterocycles. The molecule has 0 aliphatic carbocycles. The molecule has 72 valence electrons. The zero-order chi connectivity index (χ0) is 10.1. The molecule has 0 aliphatic heterocycles. The Balaban J connectivity index is 2.95. The van der Waals surface area contributed by atoms with Crippen LogP contribution in [0.15, 0.2) is 41.3 Å². The average molecular weight is 227 g/mol. The minimum absolute atomic E-state index is 0.319. The van der Waals surface area contributed by atoms with Crippen molar-refractivity contribution < 1.29 is 8.42 Å². The normalized spacial score (nSPS) is 11.0. The second-order valence-corrected chi connectivity index (χ2v) is 4.27. The van der Waals surface area contributed by atoms with Gasteiger partial charge in [-0.3, -0.25) is 0 Å². The second-order valence-electron chi connectivity index (χ2n) is 2.87. The van der Waals surface area contributed by atoms with E-state index in [1.807, 2.05) is 0 Å². The fourth-order valence-corrected chi connectivity index (χ4v) is 2.25. The molecule has 0 saturated heterocycles. The van der Waals surface area contributed by atoms with Gasteiger partial charge in [0.25, 0.3) is 0 Å². The van der Waals surface area contributed by atoms with Crippen LogP contribution in [0.3, 0.4) is 0 Å². The summed E-state index contributed by atoms with van der Waals surface area (Å²) in [6, 6.07) is 10.3. The van der Waals surface area contributed by atoms with Crippen LogP contribution in [0.2, 0.25) is 5.02 Å². The van der Waals surface area contributed by atoms with Crippen molar-refractivity contribution in [2.75, 3.05) is 0 Å². The van der Waals surface area contributed by atoms with Crippen LogP contribution in [-0.2, 0) is 10.7 Å². The maximum absolute atomic E-state index is 10.9. The monoisotopic (exact) mass is 226 g/mol. The number of benzene rings is 2. The van der Waals surface area contributed by atoms with Crippen molar-refractivity contribution in [2.45, 2.75) is 4.90 Å². The highest BCUT2D eigenvalue weighted by molar-refractivity contribution is 7.72. The zero-order valence-corrected chi connectivity index (χ0v) is 8.76. The zero-order valence-electron chi connectivity index (χ0n) is 7.11. The number of hydrogen-bond donors (Lipinski definition) is 1. The molecule has 2 rings (SSSR count). The highest BCUT2D eigenvalue weighted by Crippen LogP contribution is 2.26. The third-order valence-corrected chi connectivity index (χ3v) is 3.16. The van der Waals surface area contributed by atoms with Crippen molar-refractivity contribution in [3.8, 4) is 0 Å². The number of fused-ring (bicyclic) bond motifs is 1. The molecule has 0 fully saturated rings. The Labute approximate surface area is 88.1 Å². The van der Waals surface area contributed by atoms with E-state index in [0.29, 0.717) is 15.3 Å².